The Labute approximate surface area is 166 Å². The fraction of sp³-hybridized carbons (Fsp3) is 0.579. The van der Waals surface area contributed by atoms with Crippen molar-refractivity contribution < 1.29 is 17.9 Å². The minimum atomic E-state index is -3.86. The van der Waals surface area contributed by atoms with E-state index in [1.165, 1.54) is 24.1 Å². The highest BCUT2D eigenvalue weighted by atomic mass is 32.2. The van der Waals surface area contributed by atoms with Gasteiger partial charge in [-0.3, -0.25) is 4.79 Å². The summed E-state index contributed by atoms with van der Waals surface area (Å²) in [5.41, 5.74) is 0.409. The van der Waals surface area contributed by atoms with Crippen LogP contribution in [-0.4, -0.2) is 45.5 Å². The number of benzene rings is 1. The molecule has 0 saturated carbocycles. The number of rotatable bonds is 10. The number of carbonyl (C=O) groups excluding carboxylic acids is 1. The zero-order valence-electron chi connectivity index (χ0n) is 16.4. The van der Waals surface area contributed by atoms with Crippen molar-refractivity contribution in [2.24, 2.45) is 0 Å². The van der Waals surface area contributed by atoms with E-state index in [1.54, 1.807) is 6.07 Å². The number of amides is 1. The molecule has 9 heteroatoms. The van der Waals surface area contributed by atoms with Crippen LogP contribution in [0.5, 0.6) is 5.75 Å². The number of ether oxygens (including phenoxy) is 1. The van der Waals surface area contributed by atoms with E-state index in [4.69, 9.17) is 10.00 Å². The number of anilines is 1. The molecular formula is C19H28N4O4S. The topological polar surface area (TPSA) is 112 Å². The first-order chi connectivity index (χ1) is 13.4. The molecular weight excluding hydrogens is 380 g/mol. The normalized spacial score (nSPS) is 16.6. The minimum Gasteiger partial charge on any atom is -0.495 e. The van der Waals surface area contributed by atoms with Crippen LogP contribution in [0.4, 0.5) is 5.69 Å². The highest BCUT2D eigenvalue weighted by Crippen LogP contribution is 2.28. The lowest BCUT2D eigenvalue weighted by atomic mass is 10.1. The van der Waals surface area contributed by atoms with E-state index in [0.717, 1.165) is 25.7 Å². The van der Waals surface area contributed by atoms with Gasteiger partial charge in [-0.1, -0.05) is 26.2 Å². The lowest BCUT2D eigenvalue weighted by Gasteiger charge is -2.16. The number of methoxy groups -OCH3 is 1. The maximum absolute atomic E-state index is 12.8. The summed E-state index contributed by atoms with van der Waals surface area (Å²) in [5, 5.41) is 11.7. The molecule has 0 unspecified atom stereocenters. The number of likely N-dealkylation sites (tertiary alicyclic amines) is 1. The van der Waals surface area contributed by atoms with Crippen LogP contribution >= 0.6 is 0 Å². The van der Waals surface area contributed by atoms with Gasteiger partial charge in [0.15, 0.2) is 6.19 Å². The first-order valence-electron chi connectivity index (χ1n) is 9.54. The molecule has 2 rings (SSSR count). The Morgan fingerprint density at radius 1 is 1.36 bits per heavy atom. The van der Waals surface area contributed by atoms with E-state index in [0.29, 0.717) is 31.6 Å². The fourth-order valence-corrected chi connectivity index (χ4v) is 4.59. The van der Waals surface area contributed by atoms with Crippen molar-refractivity contribution >= 4 is 21.6 Å². The molecule has 0 aromatic heterocycles. The second-order valence-electron chi connectivity index (χ2n) is 6.88. The first-order valence-corrected chi connectivity index (χ1v) is 11.0. The summed E-state index contributed by atoms with van der Waals surface area (Å²) in [4.78, 5) is 13.6. The van der Waals surface area contributed by atoms with Crippen LogP contribution in [0, 0.1) is 11.5 Å². The van der Waals surface area contributed by atoms with Crippen molar-refractivity contribution in [3.05, 3.63) is 18.2 Å². The van der Waals surface area contributed by atoms with Crippen molar-refractivity contribution in [3.63, 3.8) is 0 Å². The highest BCUT2D eigenvalue weighted by molar-refractivity contribution is 7.89. The largest absolute Gasteiger partial charge is 0.495 e. The van der Waals surface area contributed by atoms with Crippen molar-refractivity contribution in [2.75, 3.05) is 25.5 Å². The number of carbonyl (C=O) groups is 1. The van der Waals surface area contributed by atoms with Gasteiger partial charge in [0, 0.05) is 31.2 Å². The number of hydrogen-bond acceptors (Lipinski definition) is 6. The van der Waals surface area contributed by atoms with Gasteiger partial charge in [-0.15, -0.1) is 0 Å². The molecule has 1 heterocycles. The third-order valence-corrected chi connectivity index (χ3v) is 6.19. The molecule has 1 aliphatic heterocycles. The van der Waals surface area contributed by atoms with Gasteiger partial charge in [0.25, 0.3) is 0 Å². The Morgan fingerprint density at radius 2 is 2.14 bits per heavy atom. The highest BCUT2D eigenvalue weighted by Gasteiger charge is 2.29. The second kappa shape index (κ2) is 10.3. The summed E-state index contributed by atoms with van der Waals surface area (Å²) < 4.78 is 33.5. The summed E-state index contributed by atoms with van der Waals surface area (Å²) in [6.07, 6.45) is 6.98. The molecule has 1 aromatic carbocycles. The maximum atomic E-state index is 12.8. The number of nitrogens with zero attached hydrogens (tertiary/aromatic N) is 2. The molecule has 28 heavy (non-hydrogen) atoms. The Kier molecular flexibility index (Phi) is 8.08. The molecule has 1 aliphatic rings. The summed E-state index contributed by atoms with van der Waals surface area (Å²) >= 11 is 0. The van der Waals surface area contributed by atoms with Gasteiger partial charge in [-0.25, -0.2) is 13.1 Å². The molecule has 1 saturated heterocycles. The molecule has 154 valence electrons. The molecule has 1 aromatic rings. The molecule has 1 amide bonds. The number of sulfonamides is 1. The lowest BCUT2D eigenvalue weighted by Crippen LogP contribution is -2.36. The maximum Gasteiger partial charge on any atom is 0.244 e. The Morgan fingerprint density at radius 3 is 2.79 bits per heavy atom. The molecule has 0 spiro atoms. The van der Waals surface area contributed by atoms with E-state index in [9.17, 15) is 13.2 Å². The van der Waals surface area contributed by atoms with Gasteiger partial charge in [-0.2, -0.15) is 5.26 Å². The molecule has 0 bridgehead atoms. The van der Waals surface area contributed by atoms with E-state index >= 15 is 0 Å². The number of nitrogens with one attached hydrogen (secondary N) is 2. The zero-order valence-corrected chi connectivity index (χ0v) is 17.2. The van der Waals surface area contributed by atoms with Crippen molar-refractivity contribution in [2.45, 2.75) is 56.4 Å². The lowest BCUT2D eigenvalue weighted by molar-refractivity contribution is -0.116. The number of nitriles is 1. The average Bonchev–Trinajstić information content (AvgIpc) is 3.12. The molecule has 1 atom stereocenters. The summed E-state index contributed by atoms with van der Waals surface area (Å²) in [6, 6.07) is 4.21. The Hall–Kier alpha value is -2.31. The van der Waals surface area contributed by atoms with E-state index < -0.39 is 10.0 Å². The standard InChI is InChI=1S/C19H28N4O4S/c1-3-4-5-6-7-19(24)21-15-8-9-17(27-2)18(12-15)28(25,26)22-16-10-11-23(13-16)14-20/h8-9,12,16,22H,3-7,10-11,13H2,1-2H3,(H,21,24)/t16-/m1/s1. The van der Waals surface area contributed by atoms with Crippen LogP contribution in [0.25, 0.3) is 0 Å². The molecule has 8 nitrogen and oxygen atoms in total. The molecule has 0 radical (unpaired) electrons. The second-order valence-corrected chi connectivity index (χ2v) is 8.56. The van der Waals surface area contributed by atoms with Gasteiger partial charge in [0.05, 0.1) is 7.11 Å². The summed E-state index contributed by atoms with van der Waals surface area (Å²) in [6.45, 7) is 2.97. The Balaban J connectivity index is 2.09. The quantitative estimate of drug-likeness (QED) is 0.454. The van der Waals surface area contributed by atoms with Crippen LogP contribution < -0.4 is 14.8 Å². The summed E-state index contributed by atoms with van der Waals surface area (Å²) in [7, 11) is -2.47. The number of hydrogen-bond donors (Lipinski definition) is 2. The van der Waals surface area contributed by atoms with Crippen LogP contribution in [0.1, 0.15) is 45.4 Å². The van der Waals surface area contributed by atoms with Crippen LogP contribution in [0.15, 0.2) is 23.1 Å². The van der Waals surface area contributed by atoms with Gasteiger partial charge in [0.1, 0.15) is 10.6 Å². The molecule has 2 N–H and O–H groups in total. The molecule has 0 aliphatic carbocycles. The monoisotopic (exact) mass is 408 g/mol. The van der Waals surface area contributed by atoms with E-state index in [-0.39, 0.29) is 22.6 Å². The number of unbranched alkanes of at least 4 members (excludes halogenated alkanes) is 3. The summed E-state index contributed by atoms with van der Waals surface area (Å²) in [5.74, 6) is 0.0570. The average molecular weight is 409 g/mol. The van der Waals surface area contributed by atoms with Gasteiger partial charge in [-0.05, 0) is 31.0 Å². The third kappa shape index (κ3) is 6.11. The van der Waals surface area contributed by atoms with Gasteiger partial charge >= 0.3 is 0 Å². The predicted molar refractivity (Wildman–Crippen MR) is 106 cm³/mol. The first kappa shape index (κ1) is 22.0. The SMILES string of the molecule is CCCCCCC(=O)Nc1ccc(OC)c(S(=O)(=O)N[C@@H]2CCN(C#N)C2)c1. The van der Waals surface area contributed by atoms with Gasteiger partial charge in [0.2, 0.25) is 15.9 Å². The molecule has 1 fully saturated rings. The van der Waals surface area contributed by atoms with Crippen LogP contribution in [-0.2, 0) is 14.8 Å². The van der Waals surface area contributed by atoms with Crippen molar-refractivity contribution in [1.29, 1.82) is 5.26 Å². The van der Waals surface area contributed by atoms with Crippen LogP contribution in [0.3, 0.4) is 0 Å². The van der Waals surface area contributed by atoms with Gasteiger partial charge < -0.3 is 15.0 Å². The van der Waals surface area contributed by atoms with E-state index in [2.05, 4.69) is 17.0 Å². The fourth-order valence-electron chi connectivity index (χ4n) is 3.13. The van der Waals surface area contributed by atoms with Crippen molar-refractivity contribution in [1.82, 2.24) is 9.62 Å². The third-order valence-electron chi connectivity index (χ3n) is 4.65. The van der Waals surface area contributed by atoms with Crippen LogP contribution in [0.2, 0.25) is 0 Å². The predicted octanol–water partition coefficient (Wildman–Crippen LogP) is 2.44. The van der Waals surface area contributed by atoms with E-state index in [1.807, 2.05) is 6.19 Å². The minimum absolute atomic E-state index is 0.0332. The zero-order chi connectivity index (χ0) is 20.6. The Bertz CT molecular complexity index is 820. The smallest absolute Gasteiger partial charge is 0.244 e. The van der Waals surface area contributed by atoms with Crippen molar-refractivity contribution in [3.8, 4) is 11.9 Å².